The number of anilines is 1. The van der Waals surface area contributed by atoms with Crippen molar-refractivity contribution in [1.82, 2.24) is 0 Å². The molecule has 1 aromatic heterocycles. The minimum atomic E-state index is -4.82. The number of hydrogen-bond donors (Lipinski definition) is 2. The molecule has 9 heteroatoms. The number of alkyl halides is 3. The average Bonchev–Trinajstić information content (AvgIpc) is 3.10. The lowest BCUT2D eigenvalue weighted by Crippen LogP contribution is -2.17. The highest BCUT2D eigenvalue weighted by molar-refractivity contribution is 6.02. The Hall–Kier alpha value is -3.75. The maximum Gasteiger partial charge on any atom is 0.573 e. The lowest BCUT2D eigenvalue weighted by atomic mass is 10.1. The summed E-state index contributed by atoms with van der Waals surface area (Å²) in [7, 11) is 0. The lowest BCUT2D eigenvalue weighted by molar-refractivity contribution is -0.274. The van der Waals surface area contributed by atoms with Crippen LogP contribution in [0.2, 0.25) is 0 Å². The Morgan fingerprint density at radius 2 is 1.79 bits per heavy atom. The molecule has 29 heavy (non-hydrogen) atoms. The normalized spacial score (nSPS) is 11.1. The Kier molecular flexibility index (Phi) is 5.58. The number of aliphatic carboxylic acids is 1. The molecule has 2 aromatic carbocycles. The summed E-state index contributed by atoms with van der Waals surface area (Å²) >= 11 is 0. The van der Waals surface area contributed by atoms with E-state index in [-0.39, 0.29) is 17.9 Å². The summed E-state index contributed by atoms with van der Waals surface area (Å²) in [5, 5.41) is 11.4. The molecule has 150 valence electrons. The van der Waals surface area contributed by atoms with Gasteiger partial charge in [-0.15, -0.1) is 13.2 Å². The third-order valence-corrected chi connectivity index (χ3v) is 3.72. The second-order valence-electron chi connectivity index (χ2n) is 5.96. The summed E-state index contributed by atoms with van der Waals surface area (Å²) < 4.78 is 46.4. The van der Waals surface area contributed by atoms with E-state index in [0.717, 1.165) is 12.1 Å². The first-order valence-corrected chi connectivity index (χ1v) is 8.28. The van der Waals surface area contributed by atoms with Gasteiger partial charge in [0.05, 0.1) is 6.42 Å². The predicted molar refractivity (Wildman–Crippen MR) is 96.6 cm³/mol. The predicted octanol–water partition coefficient (Wildman–Crippen LogP) is 4.72. The SMILES string of the molecule is O=C(O)Cc1cccc(NC(=O)c2ccc(-c3cccc(OC(F)(F)F)c3)o2)c1. The van der Waals surface area contributed by atoms with Crippen molar-refractivity contribution in [1.29, 1.82) is 0 Å². The van der Waals surface area contributed by atoms with E-state index >= 15 is 0 Å². The molecule has 0 fully saturated rings. The quantitative estimate of drug-likeness (QED) is 0.619. The van der Waals surface area contributed by atoms with Crippen molar-refractivity contribution < 1.29 is 37.0 Å². The summed E-state index contributed by atoms with van der Waals surface area (Å²) in [5.41, 5.74) is 1.19. The Labute approximate surface area is 162 Å². The molecule has 0 aliphatic carbocycles. The van der Waals surface area contributed by atoms with Gasteiger partial charge in [-0.1, -0.05) is 24.3 Å². The minimum Gasteiger partial charge on any atom is -0.481 e. The molecule has 0 radical (unpaired) electrons. The zero-order valence-corrected chi connectivity index (χ0v) is 14.7. The number of amides is 1. The van der Waals surface area contributed by atoms with Gasteiger partial charge in [0.25, 0.3) is 5.91 Å². The zero-order chi connectivity index (χ0) is 21.0. The summed E-state index contributed by atoms with van der Waals surface area (Å²) in [4.78, 5) is 23.1. The maximum absolute atomic E-state index is 12.4. The van der Waals surface area contributed by atoms with E-state index in [1.54, 1.807) is 18.2 Å². The first-order chi connectivity index (χ1) is 13.7. The number of carboxylic acids is 1. The number of furan rings is 1. The zero-order valence-electron chi connectivity index (χ0n) is 14.7. The number of halogens is 3. The fourth-order valence-electron chi connectivity index (χ4n) is 2.59. The summed E-state index contributed by atoms with van der Waals surface area (Å²) in [6, 6.07) is 14.3. The average molecular weight is 405 g/mol. The standard InChI is InChI=1S/C20H14F3NO5/c21-20(22,23)29-15-6-2-4-13(11-15)16-7-8-17(28-16)19(27)24-14-5-1-3-12(9-14)10-18(25)26/h1-9,11H,10H2,(H,24,27)(H,25,26). The van der Waals surface area contributed by atoms with Gasteiger partial charge in [-0.05, 0) is 42.0 Å². The van der Waals surface area contributed by atoms with Crippen LogP contribution in [0.15, 0.2) is 65.1 Å². The molecule has 0 saturated carbocycles. The van der Waals surface area contributed by atoms with Crippen molar-refractivity contribution in [3.05, 3.63) is 72.0 Å². The number of carbonyl (C=O) groups is 2. The molecule has 0 aliphatic heterocycles. The van der Waals surface area contributed by atoms with Gasteiger partial charge < -0.3 is 19.6 Å². The van der Waals surface area contributed by atoms with E-state index in [1.165, 1.54) is 30.3 Å². The lowest BCUT2D eigenvalue weighted by Gasteiger charge is -2.09. The smallest absolute Gasteiger partial charge is 0.481 e. The van der Waals surface area contributed by atoms with Gasteiger partial charge in [-0.2, -0.15) is 0 Å². The van der Waals surface area contributed by atoms with Crippen molar-refractivity contribution in [3.8, 4) is 17.1 Å². The van der Waals surface area contributed by atoms with Gasteiger partial charge in [0.1, 0.15) is 11.5 Å². The van der Waals surface area contributed by atoms with Crippen LogP contribution in [0.5, 0.6) is 5.75 Å². The van der Waals surface area contributed by atoms with E-state index in [2.05, 4.69) is 10.1 Å². The molecule has 0 atom stereocenters. The topological polar surface area (TPSA) is 88.8 Å². The molecular formula is C20H14F3NO5. The number of ether oxygens (including phenoxy) is 1. The van der Waals surface area contributed by atoms with Crippen LogP contribution in [0.4, 0.5) is 18.9 Å². The number of benzene rings is 2. The van der Waals surface area contributed by atoms with E-state index in [1.807, 2.05) is 0 Å². The van der Waals surface area contributed by atoms with Crippen molar-refractivity contribution in [2.24, 2.45) is 0 Å². The van der Waals surface area contributed by atoms with Gasteiger partial charge in [0.2, 0.25) is 0 Å². The van der Waals surface area contributed by atoms with Crippen LogP contribution in [0, 0.1) is 0 Å². The van der Waals surface area contributed by atoms with Gasteiger partial charge >= 0.3 is 12.3 Å². The molecule has 0 spiro atoms. The summed E-state index contributed by atoms with van der Waals surface area (Å²) in [6.07, 6.45) is -5.01. The third-order valence-electron chi connectivity index (χ3n) is 3.72. The van der Waals surface area contributed by atoms with Crippen molar-refractivity contribution >= 4 is 17.6 Å². The van der Waals surface area contributed by atoms with E-state index in [0.29, 0.717) is 16.8 Å². The Morgan fingerprint density at radius 3 is 2.52 bits per heavy atom. The van der Waals surface area contributed by atoms with E-state index in [4.69, 9.17) is 9.52 Å². The highest BCUT2D eigenvalue weighted by atomic mass is 19.4. The van der Waals surface area contributed by atoms with Crippen LogP contribution in [0.3, 0.4) is 0 Å². The largest absolute Gasteiger partial charge is 0.573 e. The number of rotatable bonds is 6. The summed E-state index contributed by atoms with van der Waals surface area (Å²) in [5.74, 6) is -1.88. The third kappa shape index (κ3) is 5.61. The van der Waals surface area contributed by atoms with Gasteiger partial charge in [0, 0.05) is 11.3 Å². The Balaban J connectivity index is 1.74. The second-order valence-corrected chi connectivity index (χ2v) is 5.96. The van der Waals surface area contributed by atoms with Crippen LogP contribution < -0.4 is 10.1 Å². The number of hydrogen-bond acceptors (Lipinski definition) is 4. The van der Waals surface area contributed by atoms with Crippen LogP contribution in [0.1, 0.15) is 16.1 Å². The highest BCUT2D eigenvalue weighted by Gasteiger charge is 2.31. The molecule has 3 aromatic rings. The Bertz CT molecular complexity index is 1040. The van der Waals surface area contributed by atoms with Crippen LogP contribution in [-0.4, -0.2) is 23.3 Å². The van der Waals surface area contributed by atoms with E-state index < -0.39 is 24.0 Å². The van der Waals surface area contributed by atoms with E-state index in [9.17, 15) is 22.8 Å². The second kappa shape index (κ2) is 8.09. The van der Waals surface area contributed by atoms with Crippen molar-refractivity contribution in [2.75, 3.05) is 5.32 Å². The molecule has 3 rings (SSSR count). The molecule has 0 saturated heterocycles. The first-order valence-electron chi connectivity index (χ1n) is 8.28. The molecule has 0 unspecified atom stereocenters. The van der Waals surface area contributed by atoms with Gasteiger partial charge in [-0.3, -0.25) is 9.59 Å². The Morgan fingerprint density at radius 1 is 1.03 bits per heavy atom. The molecule has 2 N–H and O–H groups in total. The molecular weight excluding hydrogens is 391 g/mol. The minimum absolute atomic E-state index is 0.0641. The van der Waals surface area contributed by atoms with Gasteiger partial charge in [-0.25, -0.2) is 0 Å². The molecule has 0 aliphatic rings. The van der Waals surface area contributed by atoms with Crippen LogP contribution in [0.25, 0.3) is 11.3 Å². The summed E-state index contributed by atoms with van der Waals surface area (Å²) in [6.45, 7) is 0. The number of carbonyl (C=O) groups excluding carboxylic acids is 1. The fraction of sp³-hybridized carbons (Fsp3) is 0.100. The van der Waals surface area contributed by atoms with Crippen molar-refractivity contribution in [3.63, 3.8) is 0 Å². The molecule has 6 nitrogen and oxygen atoms in total. The monoisotopic (exact) mass is 405 g/mol. The highest BCUT2D eigenvalue weighted by Crippen LogP contribution is 2.29. The maximum atomic E-state index is 12.4. The number of nitrogens with one attached hydrogen (secondary N) is 1. The molecule has 0 bridgehead atoms. The number of carboxylic acid groups (broad SMARTS) is 1. The van der Waals surface area contributed by atoms with Crippen LogP contribution in [-0.2, 0) is 11.2 Å². The molecule has 1 heterocycles. The van der Waals surface area contributed by atoms with Crippen LogP contribution >= 0.6 is 0 Å². The fourth-order valence-corrected chi connectivity index (χ4v) is 2.59. The molecule has 1 amide bonds. The van der Waals surface area contributed by atoms with Gasteiger partial charge in [0.15, 0.2) is 5.76 Å². The van der Waals surface area contributed by atoms with Crippen molar-refractivity contribution in [2.45, 2.75) is 12.8 Å². The first kappa shape index (κ1) is 20.0.